The zero-order chi connectivity index (χ0) is 25.8. The number of allylic oxidation sites excluding steroid dienone is 3. The van der Waals surface area contributed by atoms with E-state index in [0.717, 1.165) is 42.4 Å². The van der Waals surface area contributed by atoms with Gasteiger partial charge in [-0.2, -0.15) is 8.42 Å². The Bertz CT molecular complexity index is 1220. The van der Waals surface area contributed by atoms with Crippen molar-refractivity contribution in [3.63, 3.8) is 0 Å². The molecule has 0 spiro atoms. The van der Waals surface area contributed by atoms with Crippen molar-refractivity contribution in [1.29, 1.82) is 0 Å². The van der Waals surface area contributed by atoms with Crippen molar-refractivity contribution >= 4 is 27.5 Å². The Kier molecular flexibility index (Phi) is 8.00. The SMILES string of the molecule is C=C(c1ccccc1)C12CCC(OS(=O)(=O)NC(N)=O)C1CC(CCCCCC)=C2c1ccccc1. The summed E-state index contributed by atoms with van der Waals surface area (Å²) >= 11 is 0. The summed E-state index contributed by atoms with van der Waals surface area (Å²) in [5.74, 6) is -0.119. The number of rotatable bonds is 11. The Morgan fingerprint density at radius 2 is 1.75 bits per heavy atom. The van der Waals surface area contributed by atoms with E-state index in [1.807, 2.05) is 36.4 Å². The number of carbonyl (C=O) groups is 1. The minimum Gasteiger partial charge on any atom is -0.351 e. The number of carbonyl (C=O) groups excluding carboxylic acids is 1. The van der Waals surface area contributed by atoms with E-state index in [-0.39, 0.29) is 5.92 Å². The van der Waals surface area contributed by atoms with E-state index in [2.05, 4.69) is 37.8 Å². The molecule has 3 atom stereocenters. The lowest BCUT2D eigenvalue weighted by atomic mass is 9.66. The number of primary amides is 1. The second kappa shape index (κ2) is 11.0. The molecule has 0 bridgehead atoms. The number of nitrogens with two attached hydrogens (primary N) is 1. The highest BCUT2D eigenvalue weighted by molar-refractivity contribution is 7.85. The van der Waals surface area contributed by atoms with Crippen molar-refractivity contribution in [2.24, 2.45) is 17.1 Å². The minimum atomic E-state index is -4.32. The maximum Gasteiger partial charge on any atom is 0.363 e. The maximum atomic E-state index is 12.5. The summed E-state index contributed by atoms with van der Waals surface area (Å²) in [5, 5.41) is 0. The molecule has 1 fully saturated rings. The van der Waals surface area contributed by atoms with Crippen LogP contribution in [0.3, 0.4) is 0 Å². The van der Waals surface area contributed by atoms with Gasteiger partial charge in [0.15, 0.2) is 0 Å². The predicted molar refractivity (Wildman–Crippen MR) is 144 cm³/mol. The average molecular weight is 509 g/mol. The summed E-state index contributed by atoms with van der Waals surface area (Å²) in [6.45, 7) is 6.82. The fourth-order valence-electron chi connectivity index (χ4n) is 6.28. The van der Waals surface area contributed by atoms with E-state index >= 15 is 0 Å². The summed E-state index contributed by atoms with van der Waals surface area (Å²) in [6, 6.07) is 19.4. The van der Waals surface area contributed by atoms with Gasteiger partial charge in [-0.25, -0.2) is 13.7 Å². The van der Waals surface area contributed by atoms with Crippen LogP contribution in [0.15, 0.2) is 72.8 Å². The molecule has 192 valence electrons. The van der Waals surface area contributed by atoms with Crippen LogP contribution in [0.5, 0.6) is 0 Å². The van der Waals surface area contributed by atoms with E-state index in [4.69, 9.17) is 9.92 Å². The first kappa shape index (κ1) is 26.2. The molecule has 0 aliphatic heterocycles. The number of amides is 2. The number of unbranched alkanes of at least 4 members (excludes halogenated alkanes) is 3. The number of hydrogen-bond acceptors (Lipinski definition) is 4. The van der Waals surface area contributed by atoms with Crippen LogP contribution in [0.1, 0.15) is 69.4 Å². The van der Waals surface area contributed by atoms with Gasteiger partial charge >= 0.3 is 16.3 Å². The molecule has 2 amide bonds. The Labute approximate surface area is 214 Å². The highest BCUT2D eigenvalue weighted by Crippen LogP contribution is 2.66. The first-order chi connectivity index (χ1) is 17.3. The van der Waals surface area contributed by atoms with Gasteiger partial charge in [0.1, 0.15) is 0 Å². The normalized spacial score (nSPS) is 23.5. The zero-order valence-corrected chi connectivity index (χ0v) is 21.7. The highest BCUT2D eigenvalue weighted by Gasteiger charge is 2.58. The van der Waals surface area contributed by atoms with Crippen LogP contribution in [-0.4, -0.2) is 20.6 Å². The average Bonchev–Trinajstić information content (AvgIpc) is 3.36. The fraction of sp³-hybridized carbons (Fsp3) is 0.414. The summed E-state index contributed by atoms with van der Waals surface area (Å²) < 4.78 is 32.4. The van der Waals surface area contributed by atoms with Gasteiger partial charge < -0.3 is 5.73 Å². The van der Waals surface area contributed by atoms with Crippen LogP contribution in [0.4, 0.5) is 4.79 Å². The third-order valence-electron chi connectivity index (χ3n) is 7.70. The second-order valence-electron chi connectivity index (χ2n) is 9.88. The van der Waals surface area contributed by atoms with Crippen LogP contribution >= 0.6 is 0 Å². The molecule has 2 aliphatic rings. The van der Waals surface area contributed by atoms with Crippen molar-refractivity contribution in [2.75, 3.05) is 0 Å². The van der Waals surface area contributed by atoms with Gasteiger partial charge in [0.25, 0.3) is 0 Å². The Morgan fingerprint density at radius 3 is 2.39 bits per heavy atom. The lowest BCUT2D eigenvalue weighted by molar-refractivity contribution is 0.149. The molecule has 7 heteroatoms. The standard InChI is InChI=1S/C29H36N2O4S/c1-3-4-5-8-17-24-20-25-26(35-36(33,34)31-28(30)32)18-19-29(25,21(2)22-13-9-6-10-14-22)27(24)23-15-11-7-12-16-23/h6-7,9-16,25-26H,2-5,8,17-20H2,1H3,(H3,30,31,32). The van der Waals surface area contributed by atoms with Gasteiger partial charge in [-0.1, -0.05) is 99.0 Å². The lowest BCUT2D eigenvalue weighted by Crippen LogP contribution is -2.39. The lowest BCUT2D eigenvalue weighted by Gasteiger charge is -2.37. The van der Waals surface area contributed by atoms with Gasteiger partial charge in [-0.05, 0) is 54.4 Å². The van der Waals surface area contributed by atoms with Gasteiger partial charge in [-0.3, -0.25) is 0 Å². The molecule has 0 saturated heterocycles. The van der Waals surface area contributed by atoms with Crippen LogP contribution in [-0.2, 0) is 14.5 Å². The van der Waals surface area contributed by atoms with Crippen molar-refractivity contribution in [2.45, 2.75) is 64.4 Å². The predicted octanol–water partition coefficient (Wildman–Crippen LogP) is 6.22. The molecule has 36 heavy (non-hydrogen) atoms. The third-order valence-corrected chi connectivity index (χ3v) is 8.65. The monoisotopic (exact) mass is 508 g/mol. The van der Waals surface area contributed by atoms with E-state index in [0.29, 0.717) is 12.8 Å². The number of hydrogen-bond donors (Lipinski definition) is 2. The number of fused-ring (bicyclic) bond motifs is 1. The van der Waals surface area contributed by atoms with Gasteiger partial charge in [0.2, 0.25) is 0 Å². The van der Waals surface area contributed by atoms with Crippen LogP contribution in [0, 0.1) is 11.3 Å². The summed E-state index contributed by atoms with van der Waals surface area (Å²) in [4.78, 5) is 11.3. The van der Waals surface area contributed by atoms with Crippen LogP contribution in [0.2, 0.25) is 0 Å². The quantitative estimate of drug-likeness (QED) is 0.352. The third kappa shape index (κ3) is 5.27. The van der Waals surface area contributed by atoms with Crippen molar-refractivity contribution in [1.82, 2.24) is 4.72 Å². The Balaban J connectivity index is 1.80. The Hall–Kier alpha value is -2.90. The molecule has 2 aromatic rings. The molecular weight excluding hydrogens is 472 g/mol. The van der Waals surface area contributed by atoms with Crippen molar-refractivity contribution in [3.8, 4) is 0 Å². The number of nitrogens with one attached hydrogen (secondary N) is 1. The van der Waals surface area contributed by atoms with E-state index in [1.54, 1.807) is 4.72 Å². The van der Waals surface area contributed by atoms with Crippen molar-refractivity contribution in [3.05, 3.63) is 83.9 Å². The van der Waals surface area contributed by atoms with E-state index in [9.17, 15) is 13.2 Å². The molecule has 1 saturated carbocycles. The fourth-order valence-corrected chi connectivity index (χ4v) is 7.13. The molecule has 3 N–H and O–H groups in total. The molecule has 2 aromatic carbocycles. The highest BCUT2D eigenvalue weighted by atomic mass is 32.2. The largest absolute Gasteiger partial charge is 0.363 e. The first-order valence-electron chi connectivity index (χ1n) is 12.8. The number of benzene rings is 2. The summed E-state index contributed by atoms with van der Waals surface area (Å²) in [7, 11) is -4.32. The smallest absolute Gasteiger partial charge is 0.351 e. The van der Waals surface area contributed by atoms with Gasteiger partial charge in [0.05, 0.1) is 6.10 Å². The first-order valence-corrected chi connectivity index (χ1v) is 14.2. The molecule has 0 aromatic heterocycles. The van der Waals surface area contributed by atoms with E-state index < -0.39 is 27.9 Å². The van der Waals surface area contributed by atoms with Crippen LogP contribution in [0.25, 0.3) is 11.1 Å². The van der Waals surface area contributed by atoms with Crippen molar-refractivity contribution < 1.29 is 17.4 Å². The molecule has 3 unspecified atom stereocenters. The molecular formula is C29H36N2O4S. The molecule has 4 rings (SSSR count). The maximum absolute atomic E-state index is 12.5. The zero-order valence-electron chi connectivity index (χ0n) is 20.9. The Morgan fingerprint density at radius 1 is 1.08 bits per heavy atom. The summed E-state index contributed by atoms with van der Waals surface area (Å²) in [6.07, 6.45) is 6.98. The summed E-state index contributed by atoms with van der Waals surface area (Å²) in [5.41, 5.74) is 10.4. The molecule has 2 aliphatic carbocycles. The van der Waals surface area contributed by atoms with Crippen LogP contribution < -0.4 is 10.5 Å². The number of urea groups is 1. The van der Waals surface area contributed by atoms with E-state index in [1.165, 1.54) is 24.0 Å². The topological polar surface area (TPSA) is 98.5 Å². The second-order valence-corrected chi connectivity index (χ2v) is 11.2. The molecule has 0 radical (unpaired) electrons. The van der Waals surface area contributed by atoms with Gasteiger partial charge in [0, 0.05) is 11.3 Å². The van der Waals surface area contributed by atoms with Gasteiger partial charge in [-0.15, -0.1) is 0 Å². The minimum absolute atomic E-state index is 0.119. The molecule has 0 heterocycles. The molecule has 6 nitrogen and oxygen atoms in total.